The highest BCUT2D eigenvalue weighted by atomic mass is 79.9. The van der Waals surface area contributed by atoms with Gasteiger partial charge in [0.1, 0.15) is 0 Å². The van der Waals surface area contributed by atoms with Gasteiger partial charge in [-0.15, -0.1) is 10.2 Å². The van der Waals surface area contributed by atoms with Crippen LogP contribution in [0.15, 0.2) is 53.0 Å². The zero-order chi connectivity index (χ0) is 14.8. The zero-order valence-electron chi connectivity index (χ0n) is 10.7. The SMILES string of the molecule is O=C(O)c1ccc(Nc2ccc3cc(Br)ccc3c2)nn1. The van der Waals surface area contributed by atoms with Crippen molar-refractivity contribution >= 4 is 44.2 Å². The minimum absolute atomic E-state index is 0.0797. The molecule has 5 nitrogen and oxygen atoms in total. The lowest BCUT2D eigenvalue weighted by Crippen LogP contribution is -2.03. The van der Waals surface area contributed by atoms with Gasteiger partial charge in [0, 0.05) is 10.2 Å². The number of carbonyl (C=O) groups is 1. The largest absolute Gasteiger partial charge is 0.476 e. The van der Waals surface area contributed by atoms with Crippen molar-refractivity contribution in [1.82, 2.24) is 10.2 Å². The second-order valence-electron chi connectivity index (χ2n) is 4.44. The highest BCUT2D eigenvalue weighted by molar-refractivity contribution is 9.10. The number of carboxylic acids is 1. The van der Waals surface area contributed by atoms with E-state index < -0.39 is 5.97 Å². The van der Waals surface area contributed by atoms with Crippen molar-refractivity contribution in [2.24, 2.45) is 0 Å². The molecule has 0 spiro atoms. The molecular weight excluding hydrogens is 334 g/mol. The van der Waals surface area contributed by atoms with Crippen LogP contribution in [0.4, 0.5) is 11.5 Å². The number of nitrogens with zero attached hydrogens (tertiary/aromatic N) is 2. The number of benzene rings is 2. The minimum Gasteiger partial charge on any atom is -0.476 e. The topological polar surface area (TPSA) is 75.1 Å². The van der Waals surface area contributed by atoms with Crippen molar-refractivity contribution in [3.05, 3.63) is 58.7 Å². The van der Waals surface area contributed by atoms with Gasteiger partial charge in [-0.25, -0.2) is 4.79 Å². The molecule has 0 fully saturated rings. The van der Waals surface area contributed by atoms with Gasteiger partial charge in [-0.1, -0.05) is 28.1 Å². The number of fused-ring (bicyclic) bond motifs is 1. The van der Waals surface area contributed by atoms with Gasteiger partial charge in [0.05, 0.1) is 0 Å². The summed E-state index contributed by atoms with van der Waals surface area (Å²) < 4.78 is 1.03. The van der Waals surface area contributed by atoms with Crippen LogP contribution in [0.3, 0.4) is 0 Å². The molecule has 0 amide bonds. The molecule has 0 atom stereocenters. The maximum absolute atomic E-state index is 10.7. The number of anilines is 2. The number of aromatic carboxylic acids is 1. The molecule has 0 aliphatic heterocycles. The van der Waals surface area contributed by atoms with Gasteiger partial charge in [-0.3, -0.25) is 0 Å². The van der Waals surface area contributed by atoms with Crippen molar-refractivity contribution < 1.29 is 9.90 Å². The van der Waals surface area contributed by atoms with Crippen LogP contribution < -0.4 is 5.32 Å². The molecule has 1 heterocycles. The fraction of sp³-hybridized carbons (Fsp3) is 0. The highest BCUT2D eigenvalue weighted by Gasteiger charge is 2.05. The maximum atomic E-state index is 10.7. The molecule has 0 aliphatic carbocycles. The van der Waals surface area contributed by atoms with E-state index >= 15 is 0 Å². The van der Waals surface area contributed by atoms with E-state index in [9.17, 15) is 4.79 Å². The van der Waals surface area contributed by atoms with E-state index in [0.717, 1.165) is 20.9 Å². The van der Waals surface area contributed by atoms with E-state index in [4.69, 9.17) is 5.11 Å². The van der Waals surface area contributed by atoms with Gasteiger partial charge in [0.2, 0.25) is 0 Å². The third-order valence-corrected chi connectivity index (χ3v) is 3.45. The highest BCUT2D eigenvalue weighted by Crippen LogP contribution is 2.24. The summed E-state index contributed by atoms with van der Waals surface area (Å²) >= 11 is 3.44. The molecule has 3 rings (SSSR count). The van der Waals surface area contributed by atoms with E-state index in [-0.39, 0.29) is 5.69 Å². The Balaban J connectivity index is 1.87. The van der Waals surface area contributed by atoms with Crippen molar-refractivity contribution in [1.29, 1.82) is 0 Å². The second kappa shape index (κ2) is 5.49. The van der Waals surface area contributed by atoms with Gasteiger partial charge < -0.3 is 10.4 Å². The van der Waals surface area contributed by atoms with Crippen molar-refractivity contribution in [3.63, 3.8) is 0 Å². The van der Waals surface area contributed by atoms with Crippen LogP contribution in [0, 0.1) is 0 Å². The lowest BCUT2D eigenvalue weighted by molar-refractivity contribution is 0.0689. The summed E-state index contributed by atoms with van der Waals surface area (Å²) in [4.78, 5) is 10.7. The van der Waals surface area contributed by atoms with Crippen molar-refractivity contribution in [2.45, 2.75) is 0 Å². The van der Waals surface area contributed by atoms with Gasteiger partial charge >= 0.3 is 5.97 Å². The number of hydrogen-bond acceptors (Lipinski definition) is 4. The molecule has 1 aromatic heterocycles. The molecule has 104 valence electrons. The van der Waals surface area contributed by atoms with E-state index in [1.165, 1.54) is 6.07 Å². The Morgan fingerprint density at radius 1 is 1.00 bits per heavy atom. The Labute approximate surface area is 128 Å². The normalized spacial score (nSPS) is 10.5. The monoisotopic (exact) mass is 343 g/mol. The van der Waals surface area contributed by atoms with Crippen LogP contribution >= 0.6 is 15.9 Å². The number of aromatic nitrogens is 2. The summed E-state index contributed by atoms with van der Waals surface area (Å²) in [5, 5.41) is 21.6. The predicted octanol–water partition coefficient (Wildman–Crippen LogP) is 3.83. The minimum atomic E-state index is -1.09. The summed E-state index contributed by atoms with van der Waals surface area (Å²) in [5.41, 5.74) is 0.783. The molecule has 0 saturated heterocycles. The second-order valence-corrected chi connectivity index (χ2v) is 5.36. The lowest BCUT2D eigenvalue weighted by Gasteiger charge is -2.07. The van der Waals surface area contributed by atoms with Crippen molar-refractivity contribution in [3.8, 4) is 0 Å². The summed E-state index contributed by atoms with van der Waals surface area (Å²) in [5.74, 6) is -0.596. The number of carboxylic acid groups (broad SMARTS) is 1. The van der Waals surface area contributed by atoms with E-state index in [2.05, 4.69) is 31.4 Å². The van der Waals surface area contributed by atoms with Gasteiger partial charge in [0.25, 0.3) is 0 Å². The molecule has 0 radical (unpaired) electrons. The fourth-order valence-electron chi connectivity index (χ4n) is 1.96. The zero-order valence-corrected chi connectivity index (χ0v) is 12.3. The third-order valence-electron chi connectivity index (χ3n) is 2.96. The first kappa shape index (κ1) is 13.5. The molecular formula is C15H10BrN3O2. The molecule has 3 aromatic rings. The predicted molar refractivity (Wildman–Crippen MR) is 83.9 cm³/mol. The first-order valence-corrected chi connectivity index (χ1v) is 6.94. The molecule has 0 bridgehead atoms. The molecule has 6 heteroatoms. The number of halogens is 1. The van der Waals surface area contributed by atoms with E-state index in [1.54, 1.807) is 6.07 Å². The Bertz CT molecular complexity index is 819. The van der Waals surface area contributed by atoms with Crippen LogP contribution in [0.2, 0.25) is 0 Å². The van der Waals surface area contributed by atoms with E-state index in [1.807, 2.05) is 36.4 Å². The van der Waals surface area contributed by atoms with Gasteiger partial charge in [-0.2, -0.15) is 0 Å². The fourth-order valence-corrected chi connectivity index (χ4v) is 2.33. The standard InChI is InChI=1S/C15H10BrN3O2/c16-11-3-1-10-8-12(4-2-9(10)7-11)17-14-6-5-13(15(20)21)18-19-14/h1-8H,(H,17,19)(H,20,21). The van der Waals surface area contributed by atoms with Crippen molar-refractivity contribution in [2.75, 3.05) is 5.32 Å². The first-order valence-electron chi connectivity index (χ1n) is 6.15. The first-order chi connectivity index (χ1) is 10.1. The average Bonchev–Trinajstić information content (AvgIpc) is 2.48. The lowest BCUT2D eigenvalue weighted by atomic mass is 10.1. The maximum Gasteiger partial charge on any atom is 0.356 e. The van der Waals surface area contributed by atoms with E-state index in [0.29, 0.717) is 5.82 Å². The molecule has 0 unspecified atom stereocenters. The number of rotatable bonds is 3. The molecule has 2 N–H and O–H groups in total. The van der Waals surface area contributed by atoms with Crippen LogP contribution in [0.25, 0.3) is 10.8 Å². The van der Waals surface area contributed by atoms with Crippen LogP contribution in [0.1, 0.15) is 10.5 Å². The summed E-state index contributed by atoms with van der Waals surface area (Å²) in [6.07, 6.45) is 0. The van der Waals surface area contributed by atoms with Crippen LogP contribution in [-0.2, 0) is 0 Å². The quantitative estimate of drug-likeness (QED) is 0.755. The molecule has 0 aliphatic rings. The Hall–Kier alpha value is -2.47. The molecule has 21 heavy (non-hydrogen) atoms. The van der Waals surface area contributed by atoms with Crippen LogP contribution in [0.5, 0.6) is 0 Å². The number of hydrogen-bond donors (Lipinski definition) is 2. The van der Waals surface area contributed by atoms with Crippen LogP contribution in [-0.4, -0.2) is 21.3 Å². The smallest absolute Gasteiger partial charge is 0.356 e. The number of nitrogens with one attached hydrogen (secondary N) is 1. The average molecular weight is 344 g/mol. The Kier molecular flexibility index (Phi) is 3.53. The summed E-state index contributed by atoms with van der Waals surface area (Å²) in [7, 11) is 0. The van der Waals surface area contributed by atoms with Gasteiger partial charge in [-0.05, 0) is 47.2 Å². The molecule has 0 saturated carbocycles. The Morgan fingerprint density at radius 3 is 2.48 bits per heavy atom. The summed E-state index contributed by atoms with van der Waals surface area (Å²) in [6, 6.07) is 15.0. The third kappa shape index (κ3) is 3.00. The summed E-state index contributed by atoms with van der Waals surface area (Å²) in [6.45, 7) is 0. The Morgan fingerprint density at radius 2 is 1.76 bits per heavy atom. The van der Waals surface area contributed by atoms with Gasteiger partial charge in [0.15, 0.2) is 11.5 Å². The molecule has 2 aromatic carbocycles.